The molecule has 162 valence electrons. The van der Waals surface area contributed by atoms with Gasteiger partial charge in [-0.1, -0.05) is 51.0 Å². The Kier molecular flexibility index (Phi) is 11.8. The van der Waals surface area contributed by atoms with Gasteiger partial charge in [-0.2, -0.15) is 5.10 Å². The van der Waals surface area contributed by atoms with Crippen LogP contribution in [0.25, 0.3) is 0 Å². The van der Waals surface area contributed by atoms with Crippen molar-refractivity contribution in [2.75, 3.05) is 13.1 Å². The minimum absolute atomic E-state index is 0. The molecule has 0 radical (unpaired) electrons. The van der Waals surface area contributed by atoms with Crippen molar-refractivity contribution < 1.29 is 5.11 Å². The highest BCUT2D eigenvalue weighted by atomic mass is 127. The average Bonchev–Trinajstić information content (AvgIpc) is 3.18. The Morgan fingerprint density at radius 2 is 1.86 bits per heavy atom. The van der Waals surface area contributed by atoms with Gasteiger partial charge in [-0.3, -0.25) is 0 Å². The summed E-state index contributed by atoms with van der Waals surface area (Å²) in [6.07, 6.45) is 6.76. The number of nitrogens with zero attached hydrogens (tertiary/aromatic N) is 4. The topological polar surface area (TPSA) is 87.4 Å². The van der Waals surface area contributed by atoms with E-state index in [4.69, 9.17) is 4.99 Å². The number of benzene rings is 1. The monoisotopic (exact) mass is 514 g/mol. The van der Waals surface area contributed by atoms with Crippen LogP contribution in [0.4, 0.5) is 0 Å². The van der Waals surface area contributed by atoms with Crippen LogP contribution in [0, 0.1) is 0 Å². The summed E-state index contributed by atoms with van der Waals surface area (Å²) in [6, 6.07) is 8.33. The molecule has 2 aromatic rings. The summed E-state index contributed by atoms with van der Waals surface area (Å²) >= 11 is 0. The molecule has 0 saturated heterocycles. The van der Waals surface area contributed by atoms with Crippen molar-refractivity contribution in [1.29, 1.82) is 0 Å². The van der Waals surface area contributed by atoms with Crippen molar-refractivity contribution in [3.63, 3.8) is 0 Å². The van der Waals surface area contributed by atoms with Crippen LogP contribution in [-0.2, 0) is 13.1 Å². The van der Waals surface area contributed by atoms with Crippen LogP contribution in [-0.4, -0.2) is 44.5 Å². The van der Waals surface area contributed by atoms with Gasteiger partial charge >= 0.3 is 0 Å². The smallest absolute Gasteiger partial charge is 0.191 e. The van der Waals surface area contributed by atoms with E-state index in [1.165, 1.54) is 0 Å². The summed E-state index contributed by atoms with van der Waals surface area (Å²) in [4.78, 5) is 8.67. The first-order valence-corrected chi connectivity index (χ1v) is 10.2. The predicted octanol–water partition coefficient (Wildman–Crippen LogP) is 3.33. The summed E-state index contributed by atoms with van der Waals surface area (Å²) in [5.74, 6) is 0.731. The SMILES string of the molecule is CCCC(O)(CCC)CNC(=NCc1cccc(Cn2cncn2)c1)NCC.I. The van der Waals surface area contributed by atoms with E-state index in [-0.39, 0.29) is 24.0 Å². The van der Waals surface area contributed by atoms with Gasteiger partial charge in [0.25, 0.3) is 0 Å². The Bertz CT molecular complexity index is 714. The predicted molar refractivity (Wildman–Crippen MR) is 129 cm³/mol. The molecule has 0 fully saturated rings. The van der Waals surface area contributed by atoms with Crippen LogP contribution >= 0.6 is 24.0 Å². The third-order valence-electron chi connectivity index (χ3n) is 4.58. The molecule has 0 aliphatic rings. The number of halogens is 1. The minimum atomic E-state index is -0.683. The lowest BCUT2D eigenvalue weighted by molar-refractivity contribution is 0.0257. The second kappa shape index (κ2) is 13.5. The molecule has 0 bridgehead atoms. The van der Waals surface area contributed by atoms with E-state index in [2.05, 4.69) is 52.8 Å². The summed E-state index contributed by atoms with van der Waals surface area (Å²) in [6.45, 7) is 8.79. The second-order valence-electron chi connectivity index (χ2n) is 7.19. The number of aromatic nitrogens is 3. The largest absolute Gasteiger partial charge is 0.388 e. The van der Waals surface area contributed by atoms with E-state index < -0.39 is 5.60 Å². The number of guanidine groups is 1. The highest BCUT2D eigenvalue weighted by Gasteiger charge is 2.24. The van der Waals surface area contributed by atoms with E-state index in [9.17, 15) is 5.11 Å². The van der Waals surface area contributed by atoms with E-state index >= 15 is 0 Å². The van der Waals surface area contributed by atoms with Crippen LogP contribution in [0.2, 0.25) is 0 Å². The van der Waals surface area contributed by atoms with E-state index in [0.717, 1.165) is 49.3 Å². The first kappa shape index (κ1) is 25.4. The molecule has 0 atom stereocenters. The Labute approximate surface area is 191 Å². The first-order chi connectivity index (χ1) is 13.6. The zero-order chi connectivity index (χ0) is 20.2. The van der Waals surface area contributed by atoms with Gasteiger partial charge < -0.3 is 15.7 Å². The molecule has 7 nitrogen and oxygen atoms in total. The third-order valence-corrected chi connectivity index (χ3v) is 4.58. The summed E-state index contributed by atoms with van der Waals surface area (Å²) < 4.78 is 1.80. The third kappa shape index (κ3) is 9.12. The van der Waals surface area contributed by atoms with Gasteiger partial charge in [0.1, 0.15) is 12.7 Å². The number of aliphatic imine (C=N–C) groups is 1. The fraction of sp³-hybridized carbons (Fsp3) is 0.571. The highest BCUT2D eigenvalue weighted by Crippen LogP contribution is 2.18. The Morgan fingerprint density at radius 3 is 2.48 bits per heavy atom. The zero-order valence-electron chi connectivity index (χ0n) is 17.8. The number of rotatable bonds is 11. The maximum absolute atomic E-state index is 10.8. The van der Waals surface area contributed by atoms with E-state index in [1.807, 2.05) is 13.0 Å². The number of hydrogen-bond acceptors (Lipinski definition) is 4. The molecule has 0 amide bonds. The van der Waals surface area contributed by atoms with Gasteiger partial charge in [0.15, 0.2) is 5.96 Å². The second-order valence-corrected chi connectivity index (χ2v) is 7.19. The van der Waals surface area contributed by atoms with E-state index in [1.54, 1.807) is 17.3 Å². The molecular formula is C21H35IN6O. The van der Waals surface area contributed by atoms with Gasteiger partial charge in [-0.05, 0) is 30.9 Å². The molecule has 0 aliphatic heterocycles. The van der Waals surface area contributed by atoms with Crippen molar-refractivity contribution in [2.45, 2.75) is 65.1 Å². The van der Waals surface area contributed by atoms with Crippen LogP contribution in [0.15, 0.2) is 41.9 Å². The molecule has 0 unspecified atom stereocenters. The van der Waals surface area contributed by atoms with Crippen LogP contribution in [0.1, 0.15) is 57.6 Å². The van der Waals surface area contributed by atoms with Crippen molar-refractivity contribution >= 4 is 29.9 Å². The van der Waals surface area contributed by atoms with Crippen LogP contribution < -0.4 is 10.6 Å². The van der Waals surface area contributed by atoms with E-state index in [0.29, 0.717) is 19.6 Å². The molecular weight excluding hydrogens is 479 g/mol. The molecule has 8 heteroatoms. The zero-order valence-corrected chi connectivity index (χ0v) is 20.1. The van der Waals surface area contributed by atoms with Crippen molar-refractivity contribution in [3.05, 3.63) is 48.0 Å². The van der Waals surface area contributed by atoms with Gasteiger partial charge in [-0.25, -0.2) is 14.7 Å². The Balaban J connectivity index is 0.00000420. The summed E-state index contributed by atoms with van der Waals surface area (Å²) in [7, 11) is 0. The van der Waals surface area contributed by atoms with Crippen LogP contribution in [0.5, 0.6) is 0 Å². The van der Waals surface area contributed by atoms with Crippen molar-refractivity contribution in [2.24, 2.45) is 4.99 Å². The normalized spacial score (nSPS) is 11.8. The minimum Gasteiger partial charge on any atom is -0.388 e. The molecule has 0 aliphatic carbocycles. The maximum Gasteiger partial charge on any atom is 0.191 e. The first-order valence-electron chi connectivity index (χ1n) is 10.2. The molecule has 2 rings (SSSR count). The molecule has 1 heterocycles. The van der Waals surface area contributed by atoms with Crippen molar-refractivity contribution in [1.82, 2.24) is 25.4 Å². The Morgan fingerprint density at radius 1 is 1.14 bits per heavy atom. The molecule has 3 N–H and O–H groups in total. The Hall–Kier alpha value is -1.68. The molecule has 1 aromatic heterocycles. The summed E-state index contributed by atoms with van der Waals surface area (Å²) in [5, 5.41) is 21.5. The number of hydrogen-bond donors (Lipinski definition) is 3. The van der Waals surface area contributed by atoms with Gasteiger partial charge in [0.2, 0.25) is 0 Å². The quantitative estimate of drug-likeness (QED) is 0.243. The highest BCUT2D eigenvalue weighted by molar-refractivity contribution is 14.0. The van der Waals surface area contributed by atoms with Gasteiger partial charge in [0.05, 0.1) is 18.7 Å². The molecule has 0 saturated carbocycles. The average molecular weight is 514 g/mol. The fourth-order valence-electron chi connectivity index (χ4n) is 3.32. The lowest BCUT2D eigenvalue weighted by Crippen LogP contribution is -2.47. The maximum atomic E-state index is 10.8. The number of nitrogens with one attached hydrogen (secondary N) is 2. The standard InChI is InChI=1S/C21H34N6O.HI/c1-4-10-21(28,11-5-2)15-25-20(23-6-3)24-13-18-8-7-9-19(12-18)14-27-17-22-16-26-27;/h7-9,12,16-17,28H,4-6,10-11,13-15H2,1-3H3,(H2,23,24,25);1H. The molecule has 29 heavy (non-hydrogen) atoms. The lowest BCUT2D eigenvalue weighted by atomic mass is 9.93. The lowest BCUT2D eigenvalue weighted by Gasteiger charge is -2.28. The molecule has 1 aromatic carbocycles. The fourth-order valence-corrected chi connectivity index (χ4v) is 3.32. The number of aliphatic hydroxyl groups is 1. The molecule has 0 spiro atoms. The van der Waals surface area contributed by atoms with Gasteiger partial charge in [-0.15, -0.1) is 24.0 Å². The van der Waals surface area contributed by atoms with Gasteiger partial charge in [0, 0.05) is 13.1 Å². The van der Waals surface area contributed by atoms with Crippen LogP contribution in [0.3, 0.4) is 0 Å². The summed E-state index contributed by atoms with van der Waals surface area (Å²) in [5.41, 5.74) is 1.61. The van der Waals surface area contributed by atoms with Crippen molar-refractivity contribution in [3.8, 4) is 0 Å².